The van der Waals surface area contributed by atoms with Gasteiger partial charge in [-0.1, -0.05) is 0 Å². The van der Waals surface area contributed by atoms with E-state index >= 15 is 0 Å². The van der Waals surface area contributed by atoms with Gasteiger partial charge in [0.05, 0.1) is 0 Å². The van der Waals surface area contributed by atoms with E-state index in [4.69, 9.17) is 0 Å². The normalized spacial score (nSPS) is 27.3. The number of likely N-dealkylation sites (N-methyl/N-ethyl adjacent to an activating group) is 1. The molecule has 1 atom stereocenters. The summed E-state index contributed by atoms with van der Waals surface area (Å²) in [5.41, 5.74) is 0. The third-order valence-corrected chi connectivity index (χ3v) is 2.30. The molecule has 0 aromatic carbocycles. The lowest BCUT2D eigenvalue weighted by molar-refractivity contribution is 0.188. The summed E-state index contributed by atoms with van der Waals surface area (Å²) in [7, 11) is 4.19. The molecule has 0 aliphatic carbocycles. The average molecular weight is 156 g/mol. The van der Waals surface area contributed by atoms with Crippen LogP contribution in [0.15, 0.2) is 0 Å². The quantitative estimate of drug-likeness (QED) is 0.598. The van der Waals surface area contributed by atoms with Crippen LogP contribution in [0.5, 0.6) is 0 Å². The van der Waals surface area contributed by atoms with Crippen molar-refractivity contribution >= 4 is 0 Å². The van der Waals surface area contributed by atoms with Crippen LogP contribution in [0.25, 0.3) is 0 Å². The van der Waals surface area contributed by atoms with Crippen molar-refractivity contribution < 1.29 is 0 Å². The Bertz CT molecular complexity index is 106. The van der Waals surface area contributed by atoms with Gasteiger partial charge >= 0.3 is 0 Å². The lowest BCUT2D eigenvalue weighted by atomic mass is 10.1. The molecule has 0 bridgehead atoms. The molecule has 1 N–H and O–H groups in total. The maximum Gasteiger partial charge on any atom is 0.0290 e. The Labute approximate surface area is 69.1 Å². The fraction of sp³-hybridized carbons (Fsp3) is 1.00. The minimum atomic E-state index is 0.677. The van der Waals surface area contributed by atoms with Crippen LogP contribution in [0.2, 0.25) is 0 Å². The van der Waals surface area contributed by atoms with Crippen molar-refractivity contribution in [1.29, 1.82) is 0 Å². The summed E-state index contributed by atoms with van der Waals surface area (Å²) in [5.74, 6) is 0. The zero-order valence-electron chi connectivity index (χ0n) is 7.51. The highest BCUT2D eigenvalue weighted by Gasteiger charge is 2.17. The molecule has 1 rings (SSSR count). The third-order valence-electron chi connectivity index (χ3n) is 2.30. The smallest absolute Gasteiger partial charge is 0.0290 e. The lowest BCUT2D eigenvalue weighted by Crippen LogP contribution is -2.47. The molecule has 0 aromatic heterocycles. The van der Waals surface area contributed by atoms with Gasteiger partial charge in [-0.3, -0.25) is 0 Å². The summed E-state index contributed by atoms with van der Waals surface area (Å²) < 4.78 is 0. The molecule has 1 unspecified atom stereocenters. The van der Waals surface area contributed by atoms with E-state index in [9.17, 15) is 0 Å². The van der Waals surface area contributed by atoms with Crippen molar-refractivity contribution in [3.8, 4) is 0 Å². The predicted molar refractivity (Wildman–Crippen MR) is 46.8 cm³/mol. The van der Waals surface area contributed by atoms with Crippen LogP contribution in [0.4, 0.5) is 0 Å². The maximum atomic E-state index is 4.39. The summed E-state index contributed by atoms with van der Waals surface area (Å²) in [6, 6.07) is 0.677. The molecule has 65 valence electrons. The van der Waals surface area contributed by atoms with Crippen molar-refractivity contribution in [3.63, 3.8) is 0 Å². The summed E-state index contributed by atoms with van der Waals surface area (Å²) in [6.07, 6.45) is 1.22. The minimum absolute atomic E-state index is 0.677. The van der Waals surface area contributed by atoms with E-state index in [1.165, 1.54) is 6.42 Å². The molecule has 1 heterocycles. The summed E-state index contributed by atoms with van der Waals surface area (Å²) in [6.45, 7) is 4.28. The van der Waals surface area contributed by atoms with Crippen molar-refractivity contribution in [2.75, 3.05) is 40.3 Å². The van der Waals surface area contributed by atoms with E-state index in [2.05, 4.69) is 22.6 Å². The fourth-order valence-corrected chi connectivity index (χ4v) is 1.41. The van der Waals surface area contributed by atoms with Crippen molar-refractivity contribution in [1.82, 2.24) is 15.5 Å². The Morgan fingerprint density at radius 1 is 1.64 bits per heavy atom. The standard InChI is InChI=1S/C8H18N3/c1-9-4-3-8-7-10-5-6-11(8)2/h8-9H,3-7H2,1-2H3. The summed E-state index contributed by atoms with van der Waals surface area (Å²) >= 11 is 0. The topological polar surface area (TPSA) is 29.4 Å². The van der Waals surface area contributed by atoms with E-state index in [1.807, 2.05) is 7.05 Å². The van der Waals surface area contributed by atoms with Crippen LogP contribution >= 0.6 is 0 Å². The van der Waals surface area contributed by atoms with Crippen LogP contribution in [0.1, 0.15) is 6.42 Å². The molecule has 3 nitrogen and oxygen atoms in total. The highest BCUT2D eigenvalue weighted by Crippen LogP contribution is 2.03. The Morgan fingerprint density at radius 2 is 2.45 bits per heavy atom. The van der Waals surface area contributed by atoms with Gasteiger partial charge < -0.3 is 10.2 Å². The number of hydrogen-bond acceptors (Lipinski definition) is 2. The SMILES string of the molecule is CNCCC1C[N]CCN1C. The Balaban J connectivity index is 2.18. The molecule has 3 heteroatoms. The van der Waals surface area contributed by atoms with Crippen LogP contribution in [-0.2, 0) is 0 Å². The van der Waals surface area contributed by atoms with E-state index < -0.39 is 0 Å². The van der Waals surface area contributed by atoms with Gasteiger partial charge in [-0.15, -0.1) is 0 Å². The van der Waals surface area contributed by atoms with Gasteiger partial charge in [0.1, 0.15) is 0 Å². The van der Waals surface area contributed by atoms with Gasteiger partial charge in [0.25, 0.3) is 0 Å². The number of hydrogen-bond donors (Lipinski definition) is 1. The highest BCUT2D eigenvalue weighted by atomic mass is 15.2. The zero-order chi connectivity index (χ0) is 8.10. The molecule has 0 amide bonds. The van der Waals surface area contributed by atoms with Gasteiger partial charge in [0, 0.05) is 25.7 Å². The Kier molecular flexibility index (Phi) is 3.83. The molecule has 1 saturated heterocycles. The van der Waals surface area contributed by atoms with Gasteiger partial charge in [-0.2, -0.15) is 0 Å². The monoisotopic (exact) mass is 156 g/mol. The van der Waals surface area contributed by atoms with Crippen molar-refractivity contribution in [2.45, 2.75) is 12.5 Å². The molecule has 0 spiro atoms. The van der Waals surface area contributed by atoms with Crippen LogP contribution in [0, 0.1) is 0 Å². The molecule has 0 saturated carbocycles. The number of piperazine rings is 1. The molecule has 1 radical (unpaired) electrons. The first kappa shape index (κ1) is 8.97. The summed E-state index contributed by atoms with van der Waals surface area (Å²) in [5, 5.41) is 7.56. The largest absolute Gasteiger partial charge is 0.320 e. The van der Waals surface area contributed by atoms with Crippen molar-refractivity contribution in [3.05, 3.63) is 0 Å². The minimum Gasteiger partial charge on any atom is -0.320 e. The van der Waals surface area contributed by atoms with Gasteiger partial charge in [-0.25, -0.2) is 5.32 Å². The highest BCUT2D eigenvalue weighted by molar-refractivity contribution is 4.76. The Hall–Kier alpha value is -0.120. The van der Waals surface area contributed by atoms with Gasteiger partial charge in [-0.05, 0) is 27.1 Å². The number of nitrogens with zero attached hydrogens (tertiary/aromatic N) is 2. The van der Waals surface area contributed by atoms with Crippen LogP contribution in [0.3, 0.4) is 0 Å². The van der Waals surface area contributed by atoms with Gasteiger partial charge in [0.15, 0.2) is 0 Å². The molecule has 1 aliphatic rings. The number of rotatable bonds is 3. The van der Waals surface area contributed by atoms with Crippen LogP contribution < -0.4 is 10.6 Å². The number of nitrogens with one attached hydrogen (secondary N) is 1. The molecular weight excluding hydrogens is 138 g/mol. The van der Waals surface area contributed by atoms with E-state index in [0.29, 0.717) is 6.04 Å². The van der Waals surface area contributed by atoms with E-state index in [1.54, 1.807) is 0 Å². The predicted octanol–water partition coefficient (Wildman–Crippen LogP) is -0.486. The van der Waals surface area contributed by atoms with Crippen LogP contribution in [-0.4, -0.2) is 51.2 Å². The molecule has 1 aliphatic heterocycles. The lowest BCUT2D eigenvalue weighted by Gasteiger charge is -2.32. The maximum absolute atomic E-state index is 4.39. The molecule has 1 fully saturated rings. The van der Waals surface area contributed by atoms with Gasteiger partial charge in [0.2, 0.25) is 0 Å². The first-order chi connectivity index (χ1) is 5.34. The fourth-order valence-electron chi connectivity index (χ4n) is 1.41. The average Bonchev–Trinajstić information content (AvgIpc) is 2.03. The second kappa shape index (κ2) is 4.70. The molecule has 0 aromatic rings. The van der Waals surface area contributed by atoms with Crippen molar-refractivity contribution in [2.24, 2.45) is 0 Å². The Morgan fingerprint density at radius 3 is 3.09 bits per heavy atom. The first-order valence-corrected chi connectivity index (χ1v) is 4.32. The third kappa shape index (κ3) is 2.77. The van der Waals surface area contributed by atoms with E-state index in [-0.39, 0.29) is 0 Å². The van der Waals surface area contributed by atoms with E-state index in [0.717, 1.165) is 26.2 Å². The first-order valence-electron chi connectivity index (χ1n) is 4.32. The molecule has 11 heavy (non-hydrogen) atoms. The second-order valence-electron chi connectivity index (χ2n) is 3.16. The summed E-state index contributed by atoms with van der Waals surface area (Å²) in [4.78, 5) is 2.41. The second-order valence-corrected chi connectivity index (χ2v) is 3.16. The molecular formula is C8H18N3. The zero-order valence-corrected chi connectivity index (χ0v) is 7.51.